The molecular weight excluding hydrogens is 350 g/mol. The Labute approximate surface area is 132 Å². The summed E-state index contributed by atoms with van der Waals surface area (Å²) in [5, 5.41) is 8.21. The number of nitrogens with one attached hydrogen (secondary N) is 2. The summed E-state index contributed by atoms with van der Waals surface area (Å²) in [7, 11) is 0. The highest BCUT2D eigenvalue weighted by Crippen LogP contribution is 2.22. The number of nitrogens with zero attached hydrogens (tertiary/aromatic N) is 1. The second-order valence-corrected chi connectivity index (χ2v) is 6.07. The molecule has 0 aliphatic carbocycles. The molecule has 1 aliphatic rings. The first kappa shape index (κ1) is 16.9. The highest BCUT2D eigenvalue weighted by molar-refractivity contribution is 9.10. The number of amides is 1. The smallest absolute Gasteiger partial charge is 0.262 e. The Morgan fingerprint density at radius 2 is 2.21 bits per heavy atom. The normalized spacial score (nSPS) is 15.8. The van der Waals surface area contributed by atoms with Gasteiger partial charge >= 0.3 is 0 Å². The van der Waals surface area contributed by atoms with Gasteiger partial charge in [0, 0.05) is 37.2 Å². The highest BCUT2D eigenvalue weighted by atomic mass is 79.9. The van der Waals surface area contributed by atoms with Crippen LogP contribution >= 0.6 is 39.7 Å². The molecule has 0 radical (unpaired) electrons. The van der Waals surface area contributed by atoms with Crippen molar-refractivity contribution in [3.05, 3.63) is 20.8 Å². The zero-order chi connectivity index (χ0) is 12.8. The fourth-order valence-corrected chi connectivity index (χ4v) is 3.44. The quantitative estimate of drug-likeness (QED) is 0.781. The summed E-state index contributed by atoms with van der Waals surface area (Å²) in [4.78, 5) is 15.0. The van der Waals surface area contributed by atoms with Crippen LogP contribution in [0.4, 0.5) is 0 Å². The Balaban J connectivity index is 0.00000180. The Morgan fingerprint density at radius 1 is 1.47 bits per heavy atom. The van der Waals surface area contributed by atoms with Crippen LogP contribution in [0.2, 0.25) is 0 Å². The van der Waals surface area contributed by atoms with Gasteiger partial charge in [0.15, 0.2) is 0 Å². The Morgan fingerprint density at radius 3 is 2.84 bits per heavy atom. The van der Waals surface area contributed by atoms with Gasteiger partial charge in [-0.2, -0.15) is 0 Å². The van der Waals surface area contributed by atoms with E-state index in [1.807, 2.05) is 11.4 Å². The Bertz CT molecular complexity index is 396. The van der Waals surface area contributed by atoms with E-state index in [1.54, 1.807) is 0 Å². The fraction of sp³-hybridized carbons (Fsp3) is 0.583. The number of halogens is 2. The molecule has 0 saturated carbocycles. The third-order valence-corrected chi connectivity index (χ3v) is 4.81. The van der Waals surface area contributed by atoms with Crippen LogP contribution in [0.3, 0.4) is 0 Å². The minimum Gasteiger partial charge on any atom is -0.351 e. The van der Waals surface area contributed by atoms with E-state index in [1.165, 1.54) is 11.3 Å². The third kappa shape index (κ3) is 5.39. The van der Waals surface area contributed by atoms with Crippen LogP contribution in [0.5, 0.6) is 0 Å². The maximum Gasteiger partial charge on any atom is 0.262 e. The van der Waals surface area contributed by atoms with Gasteiger partial charge in [0.1, 0.15) is 4.88 Å². The van der Waals surface area contributed by atoms with Crippen LogP contribution in [0.25, 0.3) is 0 Å². The molecule has 7 heteroatoms. The largest absolute Gasteiger partial charge is 0.351 e. The van der Waals surface area contributed by atoms with E-state index in [9.17, 15) is 4.79 Å². The van der Waals surface area contributed by atoms with E-state index in [-0.39, 0.29) is 18.3 Å². The molecule has 1 aromatic heterocycles. The minimum atomic E-state index is 0. The van der Waals surface area contributed by atoms with Crippen LogP contribution in [0, 0.1) is 0 Å². The van der Waals surface area contributed by atoms with Crippen molar-refractivity contribution >= 4 is 45.6 Å². The monoisotopic (exact) mass is 367 g/mol. The van der Waals surface area contributed by atoms with Crippen molar-refractivity contribution in [1.29, 1.82) is 0 Å². The molecule has 0 aromatic carbocycles. The highest BCUT2D eigenvalue weighted by Gasteiger charge is 2.11. The molecule has 1 amide bonds. The van der Waals surface area contributed by atoms with Gasteiger partial charge in [-0.15, -0.1) is 23.7 Å². The van der Waals surface area contributed by atoms with Crippen LogP contribution in [-0.2, 0) is 0 Å². The van der Waals surface area contributed by atoms with Gasteiger partial charge in [-0.25, -0.2) is 0 Å². The Hall–Kier alpha value is -0.140. The van der Waals surface area contributed by atoms with E-state index >= 15 is 0 Å². The van der Waals surface area contributed by atoms with E-state index in [0.29, 0.717) is 0 Å². The average molecular weight is 369 g/mol. The van der Waals surface area contributed by atoms with Crippen LogP contribution < -0.4 is 10.6 Å². The molecular formula is C12H19BrClN3OS. The number of rotatable bonds is 5. The summed E-state index contributed by atoms with van der Waals surface area (Å²) in [6.07, 6.45) is 1.01. The van der Waals surface area contributed by atoms with Crippen molar-refractivity contribution in [1.82, 2.24) is 15.5 Å². The minimum absolute atomic E-state index is 0. The summed E-state index contributed by atoms with van der Waals surface area (Å²) in [6, 6.07) is 1.90. The topological polar surface area (TPSA) is 44.4 Å². The molecule has 1 aromatic rings. The predicted octanol–water partition coefficient (Wildman–Crippen LogP) is 1.96. The van der Waals surface area contributed by atoms with Crippen molar-refractivity contribution in [3.63, 3.8) is 0 Å². The van der Waals surface area contributed by atoms with Gasteiger partial charge in [-0.05, 0) is 40.3 Å². The first-order valence-corrected chi connectivity index (χ1v) is 7.89. The molecule has 0 unspecified atom stereocenters. The first-order valence-electron chi connectivity index (χ1n) is 6.21. The lowest BCUT2D eigenvalue weighted by Gasteiger charge is -2.27. The van der Waals surface area contributed by atoms with Gasteiger partial charge in [0.05, 0.1) is 0 Å². The van der Waals surface area contributed by atoms with Gasteiger partial charge < -0.3 is 15.5 Å². The van der Waals surface area contributed by atoms with Gasteiger partial charge in [0.2, 0.25) is 0 Å². The molecule has 0 atom stereocenters. The second kappa shape index (κ2) is 8.92. The average Bonchev–Trinajstić information content (AvgIpc) is 2.82. The summed E-state index contributed by atoms with van der Waals surface area (Å²) in [5.41, 5.74) is 0. The lowest BCUT2D eigenvalue weighted by molar-refractivity contribution is 0.0954. The number of hydrogen-bond acceptors (Lipinski definition) is 4. The van der Waals surface area contributed by atoms with Gasteiger partial charge in [-0.3, -0.25) is 4.79 Å². The number of thiophene rings is 1. The van der Waals surface area contributed by atoms with E-state index in [2.05, 4.69) is 31.5 Å². The molecule has 2 N–H and O–H groups in total. The zero-order valence-corrected chi connectivity index (χ0v) is 13.9. The van der Waals surface area contributed by atoms with Crippen molar-refractivity contribution in [2.24, 2.45) is 0 Å². The van der Waals surface area contributed by atoms with Crippen LogP contribution in [0.15, 0.2) is 15.9 Å². The number of piperazine rings is 1. The molecule has 1 saturated heterocycles. The summed E-state index contributed by atoms with van der Waals surface area (Å²) in [6.45, 7) is 6.19. The molecule has 1 aliphatic heterocycles. The van der Waals surface area contributed by atoms with Crippen LogP contribution in [-0.4, -0.2) is 50.1 Å². The van der Waals surface area contributed by atoms with Crippen molar-refractivity contribution in [2.45, 2.75) is 6.42 Å². The molecule has 2 rings (SSSR count). The van der Waals surface area contributed by atoms with E-state index in [0.717, 1.165) is 55.0 Å². The summed E-state index contributed by atoms with van der Waals surface area (Å²) >= 11 is 4.84. The maximum absolute atomic E-state index is 11.8. The molecule has 19 heavy (non-hydrogen) atoms. The Kier molecular flexibility index (Phi) is 7.94. The van der Waals surface area contributed by atoms with E-state index in [4.69, 9.17) is 0 Å². The molecule has 1 fully saturated rings. The lowest BCUT2D eigenvalue weighted by Crippen LogP contribution is -2.44. The summed E-state index contributed by atoms with van der Waals surface area (Å²) in [5.74, 6) is 0.0252. The lowest BCUT2D eigenvalue weighted by atomic mass is 10.3. The second-order valence-electron chi connectivity index (χ2n) is 4.30. The maximum atomic E-state index is 11.8. The molecule has 0 bridgehead atoms. The first-order chi connectivity index (χ1) is 8.77. The number of carbonyl (C=O) groups excluding carboxylic acids is 1. The zero-order valence-electron chi connectivity index (χ0n) is 10.7. The number of carbonyl (C=O) groups is 1. The SMILES string of the molecule is Cl.O=C(NCCCN1CCNCC1)c1sccc1Br. The van der Waals surface area contributed by atoms with Gasteiger partial charge in [0.25, 0.3) is 5.91 Å². The van der Waals surface area contributed by atoms with Crippen molar-refractivity contribution in [3.8, 4) is 0 Å². The van der Waals surface area contributed by atoms with Crippen molar-refractivity contribution < 1.29 is 4.79 Å². The molecule has 108 valence electrons. The number of hydrogen-bond donors (Lipinski definition) is 2. The third-order valence-electron chi connectivity index (χ3n) is 2.97. The molecule has 4 nitrogen and oxygen atoms in total. The summed E-state index contributed by atoms with van der Waals surface area (Å²) < 4.78 is 0.882. The standard InChI is InChI=1S/C12H18BrN3OS.ClH/c13-10-2-9-18-11(10)12(17)15-3-1-6-16-7-4-14-5-8-16;/h2,9,14H,1,3-8H2,(H,15,17);1H. The van der Waals surface area contributed by atoms with Crippen molar-refractivity contribution in [2.75, 3.05) is 39.3 Å². The van der Waals surface area contributed by atoms with Crippen LogP contribution in [0.1, 0.15) is 16.1 Å². The molecule has 0 spiro atoms. The fourth-order valence-electron chi connectivity index (χ4n) is 1.98. The predicted molar refractivity (Wildman–Crippen MR) is 85.5 cm³/mol. The van der Waals surface area contributed by atoms with Gasteiger partial charge in [-0.1, -0.05) is 0 Å². The molecule has 2 heterocycles. The van der Waals surface area contributed by atoms with E-state index < -0.39 is 0 Å².